The van der Waals surface area contributed by atoms with Crippen molar-refractivity contribution in [1.82, 2.24) is 0 Å². The van der Waals surface area contributed by atoms with Crippen molar-refractivity contribution in [2.24, 2.45) is 0 Å². The van der Waals surface area contributed by atoms with Gasteiger partial charge in [-0.25, -0.2) is 0 Å². The zero-order valence-electron chi connectivity index (χ0n) is 18.8. The molecule has 0 unspecified atom stereocenters. The molecule has 3 nitrogen and oxygen atoms in total. The Bertz CT molecular complexity index is 451. The summed E-state index contributed by atoms with van der Waals surface area (Å²) in [5.74, 6) is -0.0831. The van der Waals surface area contributed by atoms with E-state index >= 15 is 0 Å². The first-order valence-electron chi connectivity index (χ1n) is 11.2. The summed E-state index contributed by atoms with van der Waals surface area (Å²) >= 11 is 0. The molecule has 0 aromatic carbocycles. The monoisotopic (exact) mass is 396 g/mol. The van der Waals surface area contributed by atoms with E-state index in [2.05, 4.69) is 52.9 Å². The molecule has 1 rings (SSSR count). The van der Waals surface area contributed by atoms with Crippen molar-refractivity contribution in [1.29, 1.82) is 0 Å². The van der Waals surface area contributed by atoms with E-state index in [1.54, 1.807) is 0 Å². The minimum atomic E-state index is -1.90. The summed E-state index contributed by atoms with van der Waals surface area (Å²) < 4.78 is 12.1. The Morgan fingerprint density at radius 3 is 2.22 bits per heavy atom. The number of allylic oxidation sites excluding steroid dienone is 1. The van der Waals surface area contributed by atoms with Gasteiger partial charge in [-0.15, -0.1) is 0 Å². The molecular formula is C23H44O3Si. The van der Waals surface area contributed by atoms with Gasteiger partial charge in [0.1, 0.15) is 12.2 Å². The second kappa shape index (κ2) is 12.1. The van der Waals surface area contributed by atoms with Gasteiger partial charge in [-0.1, -0.05) is 84.8 Å². The zero-order chi connectivity index (χ0) is 20.3. The number of esters is 1. The molecule has 0 spiro atoms. The number of unbranched alkanes of at least 4 members (excludes halogenated alkanes) is 8. The molecule has 1 fully saturated rings. The van der Waals surface area contributed by atoms with Crippen molar-refractivity contribution in [2.45, 2.75) is 129 Å². The molecule has 0 amide bonds. The third-order valence-corrected chi connectivity index (χ3v) is 10.5. The van der Waals surface area contributed by atoms with E-state index < -0.39 is 8.32 Å². The van der Waals surface area contributed by atoms with Crippen LogP contribution < -0.4 is 0 Å². The van der Waals surface area contributed by atoms with E-state index in [1.807, 2.05) is 0 Å². The van der Waals surface area contributed by atoms with Crippen LogP contribution in [0.5, 0.6) is 0 Å². The summed E-state index contributed by atoms with van der Waals surface area (Å²) in [5, 5.41) is 0.152. The number of carbonyl (C=O) groups is 1. The lowest BCUT2D eigenvalue weighted by Crippen LogP contribution is -2.46. The van der Waals surface area contributed by atoms with E-state index in [-0.39, 0.29) is 23.2 Å². The van der Waals surface area contributed by atoms with E-state index in [1.165, 1.54) is 51.4 Å². The zero-order valence-corrected chi connectivity index (χ0v) is 19.8. The summed E-state index contributed by atoms with van der Waals surface area (Å²) in [5.41, 5.74) is 0. The van der Waals surface area contributed by atoms with Gasteiger partial charge >= 0.3 is 5.97 Å². The summed E-state index contributed by atoms with van der Waals surface area (Å²) in [6, 6.07) is 0. The standard InChI is InChI=1S/C23H44O3Si/c1-7-8-9-10-11-12-13-14-15-16-17-21(20-18-19-22(24)25-20)26-27(5,6)23(2,3)4/h16-17,20-21H,7-15,18-19H2,1-6H3/b17-16+/t20-,21-/m0/s1. The summed E-state index contributed by atoms with van der Waals surface area (Å²) in [6.45, 7) is 13.6. The van der Waals surface area contributed by atoms with Gasteiger partial charge in [-0.3, -0.25) is 4.79 Å². The number of hydrogen-bond donors (Lipinski definition) is 0. The smallest absolute Gasteiger partial charge is 0.306 e. The molecule has 27 heavy (non-hydrogen) atoms. The Labute approximate surface area is 169 Å². The fourth-order valence-corrected chi connectivity index (χ4v) is 4.42. The maximum absolute atomic E-state index is 11.6. The Morgan fingerprint density at radius 2 is 1.70 bits per heavy atom. The lowest BCUT2D eigenvalue weighted by molar-refractivity contribution is -0.143. The molecule has 0 N–H and O–H groups in total. The van der Waals surface area contributed by atoms with Gasteiger partial charge in [-0.2, -0.15) is 0 Å². The van der Waals surface area contributed by atoms with Crippen molar-refractivity contribution < 1.29 is 14.0 Å². The molecule has 4 heteroatoms. The van der Waals surface area contributed by atoms with Gasteiger partial charge in [0.15, 0.2) is 8.32 Å². The summed E-state index contributed by atoms with van der Waals surface area (Å²) in [4.78, 5) is 11.6. The first kappa shape index (κ1) is 24.4. The molecule has 0 aromatic rings. The SMILES string of the molecule is CCCCCCCCCC/C=C/[C@H](O[Si](C)(C)C(C)(C)C)[C@@H]1CCC(=O)O1. The molecule has 158 valence electrons. The Balaban J connectivity index is 2.43. The Hall–Kier alpha value is -0.613. The van der Waals surface area contributed by atoms with E-state index in [0.29, 0.717) is 6.42 Å². The third kappa shape index (κ3) is 9.42. The second-order valence-corrected chi connectivity index (χ2v) is 14.4. The fourth-order valence-electron chi connectivity index (χ4n) is 3.16. The first-order chi connectivity index (χ1) is 12.7. The van der Waals surface area contributed by atoms with Crippen LogP contribution in [-0.2, 0) is 14.0 Å². The minimum Gasteiger partial charge on any atom is -0.459 e. The Kier molecular flexibility index (Phi) is 10.9. The summed E-state index contributed by atoms with van der Waals surface area (Å²) in [6.07, 6.45) is 17.4. The number of carbonyl (C=O) groups excluding carboxylic acids is 1. The van der Waals surface area contributed by atoms with Crippen LogP contribution in [0.25, 0.3) is 0 Å². The lowest BCUT2D eigenvalue weighted by Gasteiger charge is -2.39. The van der Waals surface area contributed by atoms with E-state index in [4.69, 9.17) is 9.16 Å². The highest BCUT2D eigenvalue weighted by atomic mass is 28.4. The average Bonchev–Trinajstić information content (AvgIpc) is 3.00. The molecular weight excluding hydrogens is 352 g/mol. The van der Waals surface area contributed by atoms with Gasteiger partial charge in [0.05, 0.1) is 0 Å². The average molecular weight is 397 g/mol. The van der Waals surface area contributed by atoms with Gasteiger partial charge in [-0.05, 0) is 37.4 Å². The molecule has 1 heterocycles. The molecule has 0 bridgehead atoms. The number of hydrogen-bond acceptors (Lipinski definition) is 3. The van der Waals surface area contributed by atoms with Gasteiger partial charge in [0.25, 0.3) is 0 Å². The highest BCUT2D eigenvalue weighted by molar-refractivity contribution is 6.74. The lowest BCUT2D eigenvalue weighted by atomic mass is 10.1. The molecule has 2 atom stereocenters. The maximum atomic E-state index is 11.6. The maximum Gasteiger partial charge on any atom is 0.306 e. The molecule has 1 aliphatic rings. The predicted octanol–water partition coefficient (Wildman–Crippen LogP) is 7.17. The first-order valence-corrected chi connectivity index (χ1v) is 14.1. The fraction of sp³-hybridized carbons (Fsp3) is 0.870. The van der Waals surface area contributed by atoms with Crippen LogP contribution in [-0.4, -0.2) is 26.5 Å². The third-order valence-electron chi connectivity index (χ3n) is 6.07. The van der Waals surface area contributed by atoms with Gasteiger partial charge in [0.2, 0.25) is 0 Å². The normalized spacial score (nSPS) is 19.6. The van der Waals surface area contributed by atoms with Crippen LogP contribution in [0.3, 0.4) is 0 Å². The number of rotatable bonds is 13. The van der Waals surface area contributed by atoms with Crippen LogP contribution in [0, 0.1) is 0 Å². The second-order valence-electron chi connectivity index (χ2n) is 9.60. The van der Waals surface area contributed by atoms with Crippen LogP contribution in [0.2, 0.25) is 18.1 Å². The predicted molar refractivity (Wildman–Crippen MR) is 118 cm³/mol. The van der Waals surface area contributed by atoms with Gasteiger partial charge in [0, 0.05) is 6.42 Å². The largest absolute Gasteiger partial charge is 0.459 e. The molecule has 0 aliphatic carbocycles. The highest BCUT2D eigenvalue weighted by Crippen LogP contribution is 2.38. The molecule has 0 saturated carbocycles. The van der Waals surface area contributed by atoms with Crippen molar-refractivity contribution in [3.63, 3.8) is 0 Å². The molecule has 1 aliphatic heterocycles. The van der Waals surface area contributed by atoms with Gasteiger partial charge < -0.3 is 9.16 Å². The Morgan fingerprint density at radius 1 is 1.11 bits per heavy atom. The van der Waals surface area contributed by atoms with Crippen molar-refractivity contribution >= 4 is 14.3 Å². The quantitative estimate of drug-likeness (QED) is 0.143. The van der Waals surface area contributed by atoms with Crippen LogP contribution >= 0.6 is 0 Å². The van der Waals surface area contributed by atoms with E-state index in [9.17, 15) is 4.79 Å². The van der Waals surface area contributed by atoms with Crippen molar-refractivity contribution in [3.05, 3.63) is 12.2 Å². The topological polar surface area (TPSA) is 35.5 Å². The molecule has 0 aromatic heterocycles. The van der Waals surface area contributed by atoms with Crippen molar-refractivity contribution in [2.75, 3.05) is 0 Å². The minimum absolute atomic E-state index is 0.0831. The summed E-state index contributed by atoms with van der Waals surface area (Å²) in [7, 11) is -1.90. The van der Waals surface area contributed by atoms with Crippen LogP contribution in [0.4, 0.5) is 0 Å². The van der Waals surface area contributed by atoms with Crippen molar-refractivity contribution in [3.8, 4) is 0 Å². The highest BCUT2D eigenvalue weighted by Gasteiger charge is 2.41. The number of ether oxygens (including phenoxy) is 1. The number of cyclic esters (lactones) is 1. The molecule has 0 radical (unpaired) electrons. The molecule has 1 saturated heterocycles. The van der Waals surface area contributed by atoms with E-state index in [0.717, 1.165) is 12.8 Å². The van der Waals surface area contributed by atoms with Crippen LogP contribution in [0.1, 0.15) is 98.3 Å². The van der Waals surface area contributed by atoms with Crippen LogP contribution in [0.15, 0.2) is 12.2 Å².